The molecule has 0 unspecified atom stereocenters. The van der Waals surface area contributed by atoms with Crippen molar-refractivity contribution in [3.8, 4) is 0 Å². The number of piperidine rings is 2. The van der Waals surface area contributed by atoms with Crippen LogP contribution in [-0.2, 0) is 0 Å². The summed E-state index contributed by atoms with van der Waals surface area (Å²) in [6.45, 7) is 2.34. The monoisotopic (exact) mass is 242 g/mol. The van der Waals surface area contributed by atoms with Gasteiger partial charge in [-0.25, -0.2) is 9.59 Å². The molecule has 17 heavy (non-hydrogen) atoms. The first-order valence-corrected chi connectivity index (χ1v) is 5.98. The lowest BCUT2D eigenvalue weighted by molar-refractivity contribution is 0.0380. The van der Waals surface area contributed by atoms with Crippen LogP contribution in [0.15, 0.2) is 0 Å². The summed E-state index contributed by atoms with van der Waals surface area (Å²) >= 11 is 0. The number of carboxylic acid groups (broad SMARTS) is 2. The SMILES string of the molecule is O=C(O)N1CCC2(CC1)CCN(C(=O)O)CC2. The van der Waals surface area contributed by atoms with Gasteiger partial charge >= 0.3 is 12.2 Å². The topological polar surface area (TPSA) is 81.1 Å². The first-order valence-electron chi connectivity index (χ1n) is 5.98. The molecule has 0 atom stereocenters. The molecule has 6 nitrogen and oxygen atoms in total. The number of carbonyl (C=O) groups is 2. The van der Waals surface area contributed by atoms with E-state index in [1.165, 1.54) is 9.80 Å². The minimum atomic E-state index is -0.845. The molecular weight excluding hydrogens is 224 g/mol. The van der Waals surface area contributed by atoms with Gasteiger partial charge in [-0.3, -0.25) is 0 Å². The van der Waals surface area contributed by atoms with E-state index in [-0.39, 0.29) is 5.41 Å². The van der Waals surface area contributed by atoms with E-state index in [9.17, 15) is 9.59 Å². The molecule has 2 aliphatic rings. The fourth-order valence-electron chi connectivity index (χ4n) is 2.84. The molecular formula is C11H18N2O4. The fourth-order valence-corrected chi connectivity index (χ4v) is 2.84. The predicted octanol–water partition coefficient (Wildman–Crippen LogP) is 1.52. The molecule has 6 heteroatoms. The van der Waals surface area contributed by atoms with Crippen molar-refractivity contribution in [2.75, 3.05) is 26.2 Å². The molecule has 2 fully saturated rings. The first-order chi connectivity index (χ1) is 8.02. The van der Waals surface area contributed by atoms with Crippen molar-refractivity contribution in [3.63, 3.8) is 0 Å². The molecule has 0 aliphatic carbocycles. The van der Waals surface area contributed by atoms with Crippen LogP contribution in [0.25, 0.3) is 0 Å². The van der Waals surface area contributed by atoms with Gasteiger partial charge in [0.05, 0.1) is 0 Å². The Balaban J connectivity index is 1.88. The van der Waals surface area contributed by atoms with Crippen LogP contribution in [0.3, 0.4) is 0 Å². The van der Waals surface area contributed by atoms with E-state index in [1.807, 2.05) is 0 Å². The van der Waals surface area contributed by atoms with Crippen LogP contribution in [-0.4, -0.2) is 58.4 Å². The van der Waals surface area contributed by atoms with Crippen LogP contribution in [0.2, 0.25) is 0 Å². The minimum absolute atomic E-state index is 0.178. The van der Waals surface area contributed by atoms with Crippen molar-refractivity contribution in [1.82, 2.24) is 9.80 Å². The largest absolute Gasteiger partial charge is 0.465 e. The van der Waals surface area contributed by atoms with E-state index in [2.05, 4.69) is 0 Å². The number of amides is 2. The second kappa shape index (κ2) is 4.43. The summed E-state index contributed by atoms with van der Waals surface area (Å²) in [7, 11) is 0. The third-order valence-corrected chi connectivity index (χ3v) is 4.19. The molecule has 2 amide bonds. The van der Waals surface area contributed by atoms with Gasteiger partial charge in [-0.05, 0) is 31.1 Å². The lowest BCUT2D eigenvalue weighted by Gasteiger charge is -2.45. The Morgan fingerprint density at radius 2 is 1.06 bits per heavy atom. The number of hydrogen-bond donors (Lipinski definition) is 2. The molecule has 1 spiro atoms. The van der Waals surface area contributed by atoms with E-state index >= 15 is 0 Å². The van der Waals surface area contributed by atoms with Gasteiger partial charge in [0.2, 0.25) is 0 Å². The zero-order valence-corrected chi connectivity index (χ0v) is 9.76. The molecule has 2 aliphatic heterocycles. The third kappa shape index (κ3) is 2.45. The van der Waals surface area contributed by atoms with Crippen LogP contribution in [0.4, 0.5) is 9.59 Å². The Bertz CT molecular complexity index is 280. The lowest BCUT2D eigenvalue weighted by atomic mass is 9.71. The Hall–Kier alpha value is -1.46. The molecule has 0 saturated carbocycles. The highest BCUT2D eigenvalue weighted by atomic mass is 16.4. The summed E-state index contributed by atoms with van der Waals surface area (Å²) in [6, 6.07) is 0. The van der Waals surface area contributed by atoms with Crippen LogP contribution in [0.5, 0.6) is 0 Å². The van der Waals surface area contributed by atoms with E-state index < -0.39 is 12.2 Å². The second-order valence-corrected chi connectivity index (χ2v) is 5.04. The van der Waals surface area contributed by atoms with E-state index in [1.54, 1.807) is 0 Å². The normalized spacial score (nSPS) is 23.8. The van der Waals surface area contributed by atoms with Crippen molar-refractivity contribution in [1.29, 1.82) is 0 Å². The fraction of sp³-hybridized carbons (Fsp3) is 0.818. The average molecular weight is 242 g/mol. The summed E-state index contributed by atoms with van der Waals surface area (Å²) in [4.78, 5) is 24.5. The quantitative estimate of drug-likeness (QED) is 0.674. The van der Waals surface area contributed by atoms with E-state index in [0.29, 0.717) is 26.2 Å². The van der Waals surface area contributed by atoms with Crippen molar-refractivity contribution < 1.29 is 19.8 Å². The highest BCUT2D eigenvalue weighted by molar-refractivity contribution is 5.65. The highest BCUT2D eigenvalue weighted by Crippen LogP contribution is 2.41. The Kier molecular flexibility index (Phi) is 3.13. The molecule has 0 aromatic carbocycles. The predicted molar refractivity (Wildman–Crippen MR) is 60.1 cm³/mol. The molecule has 2 saturated heterocycles. The van der Waals surface area contributed by atoms with Crippen molar-refractivity contribution in [3.05, 3.63) is 0 Å². The van der Waals surface area contributed by atoms with Crippen molar-refractivity contribution in [2.24, 2.45) is 5.41 Å². The van der Waals surface area contributed by atoms with Crippen LogP contribution in [0.1, 0.15) is 25.7 Å². The Morgan fingerprint density at radius 1 is 0.765 bits per heavy atom. The minimum Gasteiger partial charge on any atom is -0.465 e. The maximum Gasteiger partial charge on any atom is 0.407 e. The lowest BCUT2D eigenvalue weighted by Crippen LogP contribution is -2.48. The van der Waals surface area contributed by atoms with Gasteiger partial charge in [-0.1, -0.05) is 0 Å². The summed E-state index contributed by atoms with van der Waals surface area (Å²) < 4.78 is 0. The van der Waals surface area contributed by atoms with Gasteiger partial charge < -0.3 is 20.0 Å². The standard InChI is InChI=1S/C11H18N2O4/c14-9(15)12-5-1-11(2-6-12)3-7-13(8-4-11)10(16)17/h1-8H2,(H,14,15)(H,16,17). The first kappa shape index (κ1) is 12.0. The molecule has 96 valence electrons. The molecule has 0 aromatic rings. The third-order valence-electron chi connectivity index (χ3n) is 4.19. The smallest absolute Gasteiger partial charge is 0.407 e. The number of likely N-dealkylation sites (tertiary alicyclic amines) is 2. The van der Waals surface area contributed by atoms with E-state index in [0.717, 1.165) is 25.7 Å². The zero-order valence-electron chi connectivity index (χ0n) is 9.76. The van der Waals surface area contributed by atoms with Crippen LogP contribution >= 0.6 is 0 Å². The summed E-state index contributed by atoms with van der Waals surface area (Å²) in [5.74, 6) is 0. The second-order valence-electron chi connectivity index (χ2n) is 5.04. The van der Waals surface area contributed by atoms with Gasteiger partial charge in [0, 0.05) is 26.2 Å². The van der Waals surface area contributed by atoms with Gasteiger partial charge in [0.15, 0.2) is 0 Å². The average Bonchev–Trinajstić information content (AvgIpc) is 2.30. The van der Waals surface area contributed by atoms with Gasteiger partial charge in [-0.2, -0.15) is 0 Å². The van der Waals surface area contributed by atoms with Crippen LogP contribution in [0, 0.1) is 5.41 Å². The van der Waals surface area contributed by atoms with Crippen molar-refractivity contribution >= 4 is 12.2 Å². The maximum atomic E-state index is 10.8. The Morgan fingerprint density at radius 3 is 1.29 bits per heavy atom. The van der Waals surface area contributed by atoms with Gasteiger partial charge in [0.25, 0.3) is 0 Å². The molecule has 0 radical (unpaired) electrons. The number of hydrogen-bond acceptors (Lipinski definition) is 2. The molecule has 2 N–H and O–H groups in total. The molecule has 0 bridgehead atoms. The van der Waals surface area contributed by atoms with Crippen molar-refractivity contribution in [2.45, 2.75) is 25.7 Å². The maximum absolute atomic E-state index is 10.8. The molecule has 0 aromatic heterocycles. The number of nitrogens with zero attached hydrogens (tertiary/aromatic N) is 2. The summed E-state index contributed by atoms with van der Waals surface area (Å²) in [5, 5.41) is 17.8. The van der Waals surface area contributed by atoms with Gasteiger partial charge in [0.1, 0.15) is 0 Å². The van der Waals surface area contributed by atoms with Crippen LogP contribution < -0.4 is 0 Å². The molecule has 2 heterocycles. The van der Waals surface area contributed by atoms with Gasteiger partial charge in [-0.15, -0.1) is 0 Å². The van der Waals surface area contributed by atoms with E-state index in [4.69, 9.17) is 10.2 Å². The summed E-state index contributed by atoms with van der Waals surface area (Å²) in [5.41, 5.74) is 0.178. The summed E-state index contributed by atoms with van der Waals surface area (Å²) in [6.07, 6.45) is 1.78. The zero-order chi connectivity index (χ0) is 12.5. The Labute approximate surface area is 99.8 Å². The highest BCUT2D eigenvalue weighted by Gasteiger charge is 2.39. The molecule has 2 rings (SSSR count). The number of rotatable bonds is 0.